The Labute approximate surface area is 199 Å². The first-order valence-electron chi connectivity index (χ1n) is 9.88. The van der Waals surface area contributed by atoms with Crippen LogP contribution in [0.2, 0.25) is 0 Å². The van der Waals surface area contributed by atoms with E-state index in [-0.39, 0.29) is 5.91 Å². The summed E-state index contributed by atoms with van der Waals surface area (Å²) in [5, 5.41) is 2.06. The highest BCUT2D eigenvalue weighted by Gasteiger charge is 2.34. The Morgan fingerprint density at radius 1 is 1.06 bits per heavy atom. The molecule has 1 fully saturated rings. The molecule has 0 radical (unpaired) electrons. The van der Waals surface area contributed by atoms with E-state index in [9.17, 15) is 4.79 Å². The van der Waals surface area contributed by atoms with Crippen molar-refractivity contribution >= 4 is 72.7 Å². The first-order valence-corrected chi connectivity index (χ1v) is 11.9. The summed E-state index contributed by atoms with van der Waals surface area (Å²) in [7, 11) is 0. The molecule has 0 N–H and O–H groups in total. The number of anilines is 1. The molecule has 0 saturated carbocycles. The van der Waals surface area contributed by atoms with Gasteiger partial charge in [-0.2, -0.15) is 0 Å². The molecule has 0 bridgehead atoms. The van der Waals surface area contributed by atoms with Crippen molar-refractivity contribution in [2.75, 3.05) is 18.1 Å². The number of benzene rings is 3. The van der Waals surface area contributed by atoms with Crippen molar-refractivity contribution in [1.29, 1.82) is 0 Å². The molecular weight excluding hydrogens is 494 g/mol. The molecule has 0 spiro atoms. The summed E-state index contributed by atoms with van der Waals surface area (Å²) in [6.45, 7) is 4.89. The molecule has 1 saturated heterocycles. The third-order valence-corrected chi connectivity index (χ3v) is 6.61. The second-order valence-corrected chi connectivity index (χ2v) is 9.24. The number of halogens is 1. The van der Waals surface area contributed by atoms with Gasteiger partial charge in [-0.25, -0.2) is 0 Å². The van der Waals surface area contributed by atoms with Gasteiger partial charge >= 0.3 is 0 Å². The topological polar surface area (TPSA) is 38.8 Å². The minimum absolute atomic E-state index is 0.130. The Hall–Kier alpha value is -2.35. The van der Waals surface area contributed by atoms with Gasteiger partial charge in [-0.3, -0.25) is 9.69 Å². The third kappa shape index (κ3) is 4.35. The second kappa shape index (κ2) is 9.42. The van der Waals surface area contributed by atoms with Crippen molar-refractivity contribution in [3.63, 3.8) is 0 Å². The Morgan fingerprint density at radius 3 is 2.58 bits per heavy atom. The number of thiocarbonyl (C=S) groups is 1. The van der Waals surface area contributed by atoms with E-state index in [4.69, 9.17) is 21.7 Å². The molecule has 3 aromatic rings. The molecule has 31 heavy (non-hydrogen) atoms. The van der Waals surface area contributed by atoms with Gasteiger partial charge in [-0.15, -0.1) is 0 Å². The number of thioether (sulfide) groups is 1. The minimum atomic E-state index is -0.130. The molecule has 1 aliphatic heterocycles. The Bertz CT molecular complexity index is 1200. The maximum atomic E-state index is 13.3. The molecule has 1 aliphatic rings. The van der Waals surface area contributed by atoms with Gasteiger partial charge in [-0.1, -0.05) is 60.4 Å². The average molecular weight is 514 g/mol. The van der Waals surface area contributed by atoms with Gasteiger partial charge < -0.3 is 9.47 Å². The van der Waals surface area contributed by atoms with Crippen LogP contribution in [0.15, 0.2) is 64.0 Å². The number of ether oxygens (including phenoxy) is 2. The number of hydrogen-bond donors (Lipinski definition) is 0. The number of carbonyl (C=O) groups excluding carboxylic acids is 1. The standard InChI is InChI=1S/C24H20BrNO3S2/c1-3-28-20-13-15(12-18(25)22(20)29-4-2)14-21-23(27)26(24(30)31-21)19-11-7-9-16-8-5-6-10-17(16)19/h5-14H,3-4H2,1-2H3/b21-14-. The Kier molecular flexibility index (Phi) is 6.65. The minimum Gasteiger partial charge on any atom is -0.490 e. The molecule has 0 atom stereocenters. The lowest BCUT2D eigenvalue weighted by molar-refractivity contribution is -0.113. The highest BCUT2D eigenvalue weighted by atomic mass is 79.9. The summed E-state index contributed by atoms with van der Waals surface area (Å²) in [6.07, 6.45) is 1.84. The number of hydrogen-bond acceptors (Lipinski definition) is 5. The average Bonchev–Trinajstić information content (AvgIpc) is 3.03. The maximum absolute atomic E-state index is 13.3. The molecule has 4 nitrogen and oxygen atoms in total. The summed E-state index contributed by atoms with van der Waals surface area (Å²) in [6, 6.07) is 17.7. The number of amides is 1. The smallest absolute Gasteiger partial charge is 0.270 e. The van der Waals surface area contributed by atoms with Crippen LogP contribution in [0.1, 0.15) is 19.4 Å². The molecule has 4 rings (SSSR count). The summed E-state index contributed by atoms with van der Waals surface area (Å²) < 4.78 is 12.7. The number of nitrogens with zero attached hydrogens (tertiary/aromatic N) is 1. The van der Waals surface area contributed by atoms with E-state index < -0.39 is 0 Å². The van der Waals surface area contributed by atoms with Crippen LogP contribution in [0.4, 0.5) is 5.69 Å². The monoisotopic (exact) mass is 513 g/mol. The molecule has 0 aromatic heterocycles. The van der Waals surface area contributed by atoms with E-state index in [0.29, 0.717) is 33.9 Å². The second-order valence-electron chi connectivity index (χ2n) is 6.71. The van der Waals surface area contributed by atoms with Crippen molar-refractivity contribution in [2.24, 2.45) is 0 Å². The summed E-state index contributed by atoms with van der Waals surface area (Å²) in [5.74, 6) is 1.16. The fourth-order valence-electron chi connectivity index (χ4n) is 3.45. The quantitative estimate of drug-likeness (QED) is 0.267. The van der Waals surface area contributed by atoms with Crippen LogP contribution >= 0.6 is 39.9 Å². The molecule has 1 heterocycles. The summed E-state index contributed by atoms with van der Waals surface area (Å²) in [5.41, 5.74) is 1.63. The largest absolute Gasteiger partial charge is 0.490 e. The first-order chi connectivity index (χ1) is 15.0. The highest BCUT2D eigenvalue weighted by molar-refractivity contribution is 9.10. The van der Waals surface area contributed by atoms with E-state index in [1.807, 2.05) is 74.5 Å². The van der Waals surface area contributed by atoms with E-state index in [0.717, 1.165) is 26.5 Å². The lowest BCUT2D eigenvalue weighted by Gasteiger charge is -2.17. The van der Waals surface area contributed by atoms with Crippen molar-refractivity contribution in [2.45, 2.75) is 13.8 Å². The van der Waals surface area contributed by atoms with Crippen LogP contribution in [0, 0.1) is 0 Å². The van der Waals surface area contributed by atoms with Gasteiger partial charge in [0.15, 0.2) is 15.8 Å². The zero-order valence-electron chi connectivity index (χ0n) is 17.1. The molecular formula is C24H20BrNO3S2. The van der Waals surface area contributed by atoms with Gasteiger partial charge in [0.2, 0.25) is 0 Å². The fraction of sp³-hybridized carbons (Fsp3) is 0.167. The lowest BCUT2D eigenvalue weighted by atomic mass is 10.1. The van der Waals surface area contributed by atoms with Crippen LogP contribution in [0.5, 0.6) is 11.5 Å². The molecule has 3 aromatic carbocycles. The zero-order chi connectivity index (χ0) is 22.0. The van der Waals surface area contributed by atoms with Gasteiger partial charge in [0.05, 0.1) is 28.3 Å². The molecule has 7 heteroatoms. The van der Waals surface area contributed by atoms with Crippen LogP contribution in [0.3, 0.4) is 0 Å². The van der Waals surface area contributed by atoms with Crippen LogP contribution < -0.4 is 14.4 Å². The summed E-state index contributed by atoms with van der Waals surface area (Å²) in [4.78, 5) is 15.5. The zero-order valence-corrected chi connectivity index (χ0v) is 20.3. The molecule has 0 aliphatic carbocycles. The predicted octanol–water partition coefficient (Wildman–Crippen LogP) is 6.81. The lowest BCUT2D eigenvalue weighted by Crippen LogP contribution is -2.27. The van der Waals surface area contributed by atoms with Gasteiger partial charge in [-0.05, 0) is 65.0 Å². The summed E-state index contributed by atoms with van der Waals surface area (Å²) >= 11 is 10.4. The number of carbonyl (C=O) groups is 1. The maximum Gasteiger partial charge on any atom is 0.270 e. The van der Waals surface area contributed by atoms with Crippen molar-refractivity contribution in [3.8, 4) is 11.5 Å². The van der Waals surface area contributed by atoms with E-state index in [1.54, 1.807) is 4.90 Å². The normalized spacial score (nSPS) is 15.2. The van der Waals surface area contributed by atoms with Crippen molar-refractivity contribution in [3.05, 3.63) is 69.5 Å². The first kappa shape index (κ1) is 21.9. The Balaban J connectivity index is 1.72. The fourth-order valence-corrected chi connectivity index (χ4v) is 5.31. The van der Waals surface area contributed by atoms with Crippen molar-refractivity contribution < 1.29 is 14.3 Å². The van der Waals surface area contributed by atoms with Crippen molar-refractivity contribution in [1.82, 2.24) is 0 Å². The van der Waals surface area contributed by atoms with Crippen LogP contribution in [0.25, 0.3) is 16.8 Å². The molecule has 1 amide bonds. The molecule has 0 unspecified atom stereocenters. The molecule has 158 valence electrons. The highest BCUT2D eigenvalue weighted by Crippen LogP contribution is 2.41. The van der Waals surface area contributed by atoms with Gasteiger partial charge in [0.25, 0.3) is 5.91 Å². The number of rotatable bonds is 6. The Morgan fingerprint density at radius 2 is 1.81 bits per heavy atom. The van der Waals surface area contributed by atoms with Gasteiger partial charge in [0.1, 0.15) is 0 Å². The third-order valence-electron chi connectivity index (χ3n) is 4.72. The predicted molar refractivity (Wildman–Crippen MR) is 136 cm³/mol. The van der Waals surface area contributed by atoms with Crippen LogP contribution in [-0.4, -0.2) is 23.4 Å². The van der Waals surface area contributed by atoms with Gasteiger partial charge in [0, 0.05) is 5.39 Å². The van der Waals surface area contributed by atoms with Crippen LogP contribution in [-0.2, 0) is 4.79 Å². The SMILES string of the molecule is CCOc1cc(/C=C2\SC(=S)N(c3cccc4ccccc34)C2=O)cc(Br)c1OCC. The van der Waals surface area contributed by atoms with E-state index >= 15 is 0 Å². The van der Waals surface area contributed by atoms with E-state index in [1.165, 1.54) is 11.8 Å². The number of fused-ring (bicyclic) bond motifs is 1. The van der Waals surface area contributed by atoms with E-state index in [2.05, 4.69) is 15.9 Å².